The average Bonchev–Trinajstić information content (AvgIpc) is 2.45. The molecule has 2 rings (SSSR count). The van der Waals surface area contributed by atoms with Crippen LogP contribution in [0.4, 0.5) is 0 Å². The summed E-state index contributed by atoms with van der Waals surface area (Å²) in [7, 11) is 0. The average molecular weight is 353 g/mol. The van der Waals surface area contributed by atoms with Gasteiger partial charge in [-0.3, -0.25) is 4.79 Å². The number of unbranched alkanes of at least 4 members (excludes halogenated alkanes) is 4. The van der Waals surface area contributed by atoms with Gasteiger partial charge < -0.3 is 15.0 Å². The Balaban J connectivity index is 1.41. The molecule has 2 aliphatic rings. The van der Waals surface area contributed by atoms with Crippen LogP contribution >= 0.6 is 0 Å². The SMILES string of the molecule is CC(C)CN1CC2(CC(C(=O)NCCCCCCCOC(C)C)C2)C1. The van der Waals surface area contributed by atoms with Gasteiger partial charge in [0.05, 0.1) is 6.10 Å². The van der Waals surface area contributed by atoms with Gasteiger partial charge in [-0.1, -0.05) is 33.1 Å². The number of hydrogen-bond donors (Lipinski definition) is 1. The van der Waals surface area contributed by atoms with E-state index in [1.54, 1.807) is 0 Å². The van der Waals surface area contributed by atoms with E-state index in [0.29, 0.717) is 17.4 Å². The molecule has 1 saturated heterocycles. The lowest BCUT2D eigenvalue weighted by atomic mass is 9.57. The highest BCUT2D eigenvalue weighted by Gasteiger charge is 2.53. The van der Waals surface area contributed by atoms with Gasteiger partial charge in [0.25, 0.3) is 0 Å². The van der Waals surface area contributed by atoms with Crippen molar-refractivity contribution in [2.45, 2.75) is 78.7 Å². The molecule has 0 aromatic rings. The predicted octanol–water partition coefficient (Wildman–Crippen LogP) is 3.85. The molecule has 1 N–H and O–H groups in total. The van der Waals surface area contributed by atoms with E-state index in [0.717, 1.165) is 44.8 Å². The van der Waals surface area contributed by atoms with Gasteiger partial charge in [0.2, 0.25) is 5.91 Å². The highest BCUT2D eigenvalue weighted by Crippen LogP contribution is 2.51. The number of rotatable bonds is 12. The first kappa shape index (κ1) is 20.7. The summed E-state index contributed by atoms with van der Waals surface area (Å²) in [6.07, 6.45) is 8.53. The van der Waals surface area contributed by atoms with Gasteiger partial charge >= 0.3 is 0 Å². The van der Waals surface area contributed by atoms with E-state index in [-0.39, 0.29) is 5.92 Å². The van der Waals surface area contributed by atoms with Gasteiger partial charge in [0.15, 0.2) is 0 Å². The lowest BCUT2D eigenvalue weighted by molar-refractivity contribution is -0.145. The minimum absolute atomic E-state index is 0.286. The molecule has 0 atom stereocenters. The predicted molar refractivity (Wildman–Crippen MR) is 104 cm³/mol. The molecule has 1 aliphatic heterocycles. The molecule has 1 heterocycles. The van der Waals surface area contributed by atoms with Crippen LogP contribution in [0.15, 0.2) is 0 Å². The van der Waals surface area contributed by atoms with Gasteiger partial charge in [-0.25, -0.2) is 0 Å². The molecular weight excluding hydrogens is 312 g/mol. The maximum absolute atomic E-state index is 12.2. The van der Waals surface area contributed by atoms with Crippen LogP contribution in [0.2, 0.25) is 0 Å². The second-order valence-corrected chi connectivity index (χ2v) is 9.15. The molecule has 0 aromatic heterocycles. The highest BCUT2D eigenvalue weighted by atomic mass is 16.5. The van der Waals surface area contributed by atoms with Crippen LogP contribution in [-0.2, 0) is 9.53 Å². The number of carbonyl (C=O) groups is 1. The number of hydrogen-bond acceptors (Lipinski definition) is 3. The molecule has 0 unspecified atom stereocenters. The fourth-order valence-corrected chi connectivity index (χ4v) is 4.41. The summed E-state index contributed by atoms with van der Waals surface area (Å²) in [4.78, 5) is 14.8. The molecule has 1 amide bonds. The standard InChI is InChI=1S/C21H40N2O2/c1-17(2)14-23-15-21(16-23)12-19(13-21)20(24)22-10-8-6-5-7-9-11-25-18(3)4/h17-19H,5-16H2,1-4H3,(H,22,24). The van der Waals surface area contributed by atoms with Crippen LogP contribution in [-0.4, -0.2) is 49.7 Å². The zero-order valence-corrected chi connectivity index (χ0v) is 17.0. The Morgan fingerprint density at radius 3 is 2.36 bits per heavy atom. The second kappa shape index (κ2) is 9.91. The molecular formula is C21H40N2O2. The molecule has 0 radical (unpaired) electrons. The Kier molecular flexibility index (Phi) is 8.21. The number of likely N-dealkylation sites (tertiary alicyclic amines) is 1. The molecule has 4 nitrogen and oxygen atoms in total. The number of nitrogens with zero attached hydrogens (tertiary/aromatic N) is 1. The monoisotopic (exact) mass is 352 g/mol. The van der Waals surface area contributed by atoms with Crippen molar-refractivity contribution in [3.05, 3.63) is 0 Å². The van der Waals surface area contributed by atoms with E-state index >= 15 is 0 Å². The quantitative estimate of drug-likeness (QED) is 0.543. The van der Waals surface area contributed by atoms with E-state index < -0.39 is 0 Å². The Morgan fingerprint density at radius 1 is 1.08 bits per heavy atom. The van der Waals surface area contributed by atoms with Crippen LogP contribution in [0.5, 0.6) is 0 Å². The van der Waals surface area contributed by atoms with Crippen molar-refractivity contribution in [3.63, 3.8) is 0 Å². The Morgan fingerprint density at radius 2 is 1.72 bits per heavy atom. The first-order valence-electron chi connectivity index (χ1n) is 10.5. The third-order valence-corrected chi connectivity index (χ3v) is 5.54. The molecule has 146 valence electrons. The van der Waals surface area contributed by atoms with Crippen molar-refractivity contribution in [2.75, 3.05) is 32.8 Å². The lowest BCUT2D eigenvalue weighted by Crippen LogP contribution is -2.64. The van der Waals surface area contributed by atoms with Crippen LogP contribution in [0.1, 0.15) is 72.6 Å². The molecule has 0 bridgehead atoms. The molecule has 2 fully saturated rings. The minimum Gasteiger partial charge on any atom is -0.379 e. The van der Waals surface area contributed by atoms with Crippen molar-refractivity contribution < 1.29 is 9.53 Å². The normalized spacial score (nSPS) is 20.1. The summed E-state index contributed by atoms with van der Waals surface area (Å²) in [6.45, 7) is 14.1. The molecule has 1 saturated carbocycles. The second-order valence-electron chi connectivity index (χ2n) is 9.15. The van der Waals surface area contributed by atoms with Crippen LogP contribution in [0.3, 0.4) is 0 Å². The Labute approximate surface area is 155 Å². The molecule has 1 spiro atoms. The maximum atomic E-state index is 12.2. The third kappa shape index (κ3) is 6.90. The fraction of sp³-hybridized carbons (Fsp3) is 0.952. The number of amides is 1. The summed E-state index contributed by atoms with van der Waals surface area (Å²) in [5, 5.41) is 3.15. The van der Waals surface area contributed by atoms with Gasteiger partial charge in [0.1, 0.15) is 0 Å². The zero-order chi connectivity index (χ0) is 18.3. The number of ether oxygens (including phenoxy) is 1. The lowest BCUT2D eigenvalue weighted by Gasteiger charge is -2.59. The first-order chi connectivity index (χ1) is 11.9. The summed E-state index contributed by atoms with van der Waals surface area (Å²) in [5.74, 6) is 1.34. The van der Waals surface area contributed by atoms with E-state index in [1.807, 2.05) is 0 Å². The zero-order valence-electron chi connectivity index (χ0n) is 17.0. The van der Waals surface area contributed by atoms with Gasteiger partial charge in [-0.2, -0.15) is 0 Å². The fourth-order valence-electron chi connectivity index (χ4n) is 4.41. The maximum Gasteiger partial charge on any atom is 0.223 e. The highest BCUT2D eigenvalue weighted by molar-refractivity contribution is 5.79. The molecule has 4 heteroatoms. The van der Waals surface area contributed by atoms with Gasteiger partial charge in [0, 0.05) is 38.7 Å². The van der Waals surface area contributed by atoms with Crippen LogP contribution in [0, 0.1) is 17.3 Å². The van der Waals surface area contributed by atoms with Gasteiger partial charge in [-0.15, -0.1) is 0 Å². The van der Waals surface area contributed by atoms with Crippen molar-refractivity contribution in [3.8, 4) is 0 Å². The number of nitrogens with one attached hydrogen (secondary N) is 1. The summed E-state index contributed by atoms with van der Waals surface area (Å²) < 4.78 is 5.54. The summed E-state index contributed by atoms with van der Waals surface area (Å²) >= 11 is 0. The summed E-state index contributed by atoms with van der Waals surface area (Å²) in [5.41, 5.74) is 0.495. The first-order valence-corrected chi connectivity index (χ1v) is 10.5. The Hall–Kier alpha value is -0.610. The van der Waals surface area contributed by atoms with E-state index in [9.17, 15) is 4.79 Å². The van der Waals surface area contributed by atoms with Crippen molar-refractivity contribution in [1.82, 2.24) is 10.2 Å². The van der Waals surface area contributed by atoms with Crippen LogP contribution < -0.4 is 5.32 Å². The molecule has 0 aromatic carbocycles. The minimum atomic E-state index is 0.286. The van der Waals surface area contributed by atoms with Gasteiger partial charge in [-0.05, 0) is 50.9 Å². The van der Waals surface area contributed by atoms with Crippen LogP contribution in [0.25, 0.3) is 0 Å². The molecule has 1 aliphatic carbocycles. The molecule has 25 heavy (non-hydrogen) atoms. The van der Waals surface area contributed by atoms with Crippen molar-refractivity contribution in [2.24, 2.45) is 17.3 Å². The van der Waals surface area contributed by atoms with E-state index in [1.165, 1.54) is 38.9 Å². The smallest absolute Gasteiger partial charge is 0.223 e. The van der Waals surface area contributed by atoms with E-state index in [4.69, 9.17) is 4.74 Å². The summed E-state index contributed by atoms with van der Waals surface area (Å²) in [6, 6.07) is 0. The third-order valence-electron chi connectivity index (χ3n) is 5.54. The largest absolute Gasteiger partial charge is 0.379 e. The number of carbonyl (C=O) groups excluding carboxylic acids is 1. The van der Waals surface area contributed by atoms with Crippen molar-refractivity contribution >= 4 is 5.91 Å². The Bertz CT molecular complexity index is 395. The topological polar surface area (TPSA) is 41.6 Å². The van der Waals surface area contributed by atoms with E-state index in [2.05, 4.69) is 37.9 Å². The van der Waals surface area contributed by atoms with Crippen molar-refractivity contribution in [1.29, 1.82) is 0 Å².